The van der Waals surface area contributed by atoms with Crippen LogP contribution in [0.3, 0.4) is 0 Å². The number of hydrogen-bond acceptors (Lipinski definition) is 6. The van der Waals surface area contributed by atoms with Gasteiger partial charge in [0.2, 0.25) is 12.8 Å². The number of rotatable bonds is 7. The van der Waals surface area contributed by atoms with Crippen molar-refractivity contribution in [3.8, 4) is 5.75 Å². The van der Waals surface area contributed by atoms with Crippen LogP contribution in [0.4, 0.5) is 13.2 Å². The monoisotopic (exact) mass is 414 g/mol. The number of benzene rings is 1. The smallest absolute Gasteiger partial charge is 0.302 e. The van der Waals surface area contributed by atoms with Gasteiger partial charge in [0, 0.05) is 19.5 Å². The third kappa shape index (κ3) is 4.35. The lowest BCUT2D eigenvalue weighted by atomic mass is 10.1. The summed E-state index contributed by atoms with van der Waals surface area (Å²) < 4.78 is 51.2. The molecule has 0 spiro atoms. The van der Waals surface area contributed by atoms with Crippen molar-refractivity contribution < 1.29 is 32.3 Å². The van der Waals surface area contributed by atoms with Crippen LogP contribution >= 0.6 is 23.2 Å². The molecule has 0 amide bonds. The van der Waals surface area contributed by atoms with Crippen LogP contribution in [0.5, 0.6) is 5.75 Å². The molecule has 2 rings (SSSR count). The van der Waals surface area contributed by atoms with E-state index in [1.54, 1.807) is 0 Å². The zero-order valence-corrected chi connectivity index (χ0v) is 15.3. The third-order valence-electron chi connectivity index (χ3n) is 3.41. The highest BCUT2D eigenvalue weighted by atomic mass is 35.5. The molecule has 11 heteroatoms. The van der Waals surface area contributed by atoms with Crippen LogP contribution in [0.1, 0.15) is 18.5 Å². The Hall–Kier alpha value is -1.68. The van der Waals surface area contributed by atoms with E-state index in [0.29, 0.717) is 0 Å². The molecule has 0 saturated heterocycles. The Labute approximate surface area is 157 Å². The number of carbonyl (C=O) groups excluding carboxylic acids is 1. The molecule has 1 aliphatic rings. The molecule has 0 saturated carbocycles. The van der Waals surface area contributed by atoms with Gasteiger partial charge in [-0.25, -0.2) is 13.6 Å². The Balaban J connectivity index is 2.30. The Bertz CT molecular complexity index is 720. The van der Waals surface area contributed by atoms with Crippen molar-refractivity contribution in [1.29, 1.82) is 0 Å². The number of esters is 1. The number of hydroxylamine groups is 1. The average molecular weight is 415 g/mol. The first-order valence-corrected chi connectivity index (χ1v) is 8.05. The van der Waals surface area contributed by atoms with Gasteiger partial charge in [-0.3, -0.25) is 9.80 Å². The first kappa shape index (κ1) is 20.6. The Morgan fingerprint density at radius 2 is 1.96 bits per heavy atom. The molecule has 0 bridgehead atoms. The van der Waals surface area contributed by atoms with E-state index in [9.17, 15) is 18.0 Å². The van der Waals surface area contributed by atoms with Gasteiger partial charge in [0.1, 0.15) is 30.8 Å². The topological polar surface area (TPSA) is 51.2 Å². The minimum absolute atomic E-state index is 0.0441. The van der Waals surface area contributed by atoms with Gasteiger partial charge in [-0.2, -0.15) is 4.39 Å². The SMILES string of the molecule is CC(=O)OCCOc1cc(C2C(Cl)=C(F)N(C)N2OCF)c(F)cc1Cl. The second-order valence-corrected chi connectivity index (χ2v) is 5.91. The van der Waals surface area contributed by atoms with Crippen molar-refractivity contribution in [3.05, 3.63) is 39.5 Å². The number of ether oxygens (including phenoxy) is 2. The van der Waals surface area contributed by atoms with Crippen molar-refractivity contribution in [2.75, 3.05) is 27.1 Å². The van der Waals surface area contributed by atoms with Crippen LogP contribution in [-0.2, 0) is 14.4 Å². The van der Waals surface area contributed by atoms with Crippen LogP contribution in [0.25, 0.3) is 0 Å². The lowest BCUT2D eigenvalue weighted by Crippen LogP contribution is -2.36. The predicted molar refractivity (Wildman–Crippen MR) is 86.9 cm³/mol. The number of alkyl halides is 1. The summed E-state index contributed by atoms with van der Waals surface area (Å²) in [5, 5.41) is 1.11. The maximum absolute atomic E-state index is 14.4. The minimum atomic E-state index is -1.28. The molecule has 1 aromatic carbocycles. The molecule has 6 nitrogen and oxygen atoms in total. The molecule has 0 N–H and O–H groups in total. The molecule has 1 atom stereocenters. The van der Waals surface area contributed by atoms with E-state index in [2.05, 4.69) is 0 Å². The predicted octanol–water partition coefficient (Wildman–Crippen LogP) is 3.86. The zero-order chi connectivity index (χ0) is 19.4. The second kappa shape index (κ2) is 8.81. The van der Waals surface area contributed by atoms with Crippen molar-refractivity contribution >= 4 is 29.2 Å². The maximum Gasteiger partial charge on any atom is 0.302 e. The van der Waals surface area contributed by atoms with E-state index in [4.69, 9.17) is 37.5 Å². The number of halogens is 5. The molecule has 0 fully saturated rings. The molecule has 144 valence electrons. The highest BCUT2D eigenvalue weighted by molar-refractivity contribution is 6.32. The standard InChI is InChI=1S/C15H15Cl2F3N2O4/c1-8(23)24-3-4-25-12-5-9(11(19)6-10(12)16)14-13(17)15(20)21(2)22(14)26-7-18/h5-6,14H,3-4,7H2,1-2H3. The molecule has 0 radical (unpaired) electrons. The van der Waals surface area contributed by atoms with Crippen LogP contribution in [-0.4, -0.2) is 43.3 Å². The zero-order valence-electron chi connectivity index (χ0n) is 13.8. The molecule has 0 aliphatic carbocycles. The van der Waals surface area contributed by atoms with Crippen LogP contribution < -0.4 is 4.74 Å². The van der Waals surface area contributed by atoms with E-state index >= 15 is 0 Å². The van der Waals surface area contributed by atoms with E-state index in [0.717, 1.165) is 16.2 Å². The highest BCUT2D eigenvalue weighted by Crippen LogP contribution is 2.44. The molecular weight excluding hydrogens is 400 g/mol. The van der Waals surface area contributed by atoms with Crippen molar-refractivity contribution in [2.24, 2.45) is 0 Å². The summed E-state index contributed by atoms with van der Waals surface area (Å²) in [7, 11) is 1.23. The molecule has 0 aromatic heterocycles. The first-order chi connectivity index (χ1) is 12.3. The van der Waals surface area contributed by atoms with Crippen LogP contribution in [0.2, 0.25) is 5.02 Å². The summed E-state index contributed by atoms with van der Waals surface area (Å²) >= 11 is 11.9. The van der Waals surface area contributed by atoms with Gasteiger partial charge in [-0.05, 0) is 12.1 Å². The summed E-state index contributed by atoms with van der Waals surface area (Å²) in [5.74, 6) is -2.17. The quantitative estimate of drug-likeness (QED) is 0.383. The summed E-state index contributed by atoms with van der Waals surface area (Å²) in [6, 6.07) is 0.872. The van der Waals surface area contributed by atoms with Crippen LogP contribution in [0, 0.1) is 5.82 Å². The van der Waals surface area contributed by atoms with Gasteiger partial charge in [-0.15, -0.1) is 0 Å². The van der Waals surface area contributed by atoms with E-state index in [1.807, 2.05) is 0 Å². The highest BCUT2D eigenvalue weighted by Gasteiger charge is 2.41. The van der Waals surface area contributed by atoms with Crippen LogP contribution in [0.15, 0.2) is 23.1 Å². The molecule has 1 aliphatic heterocycles. The fraction of sp³-hybridized carbons (Fsp3) is 0.400. The molecular formula is C15H15Cl2F3N2O4. The Kier molecular flexibility index (Phi) is 6.99. The van der Waals surface area contributed by atoms with E-state index in [1.165, 1.54) is 20.0 Å². The maximum atomic E-state index is 14.4. The number of carbonyl (C=O) groups is 1. The Morgan fingerprint density at radius 3 is 2.58 bits per heavy atom. The van der Waals surface area contributed by atoms with E-state index in [-0.39, 0.29) is 29.5 Å². The number of hydrogen-bond donors (Lipinski definition) is 0. The fourth-order valence-corrected chi connectivity index (χ4v) is 2.82. The van der Waals surface area contributed by atoms with Gasteiger partial charge in [0.25, 0.3) is 0 Å². The lowest BCUT2D eigenvalue weighted by Gasteiger charge is -2.29. The summed E-state index contributed by atoms with van der Waals surface area (Å²) in [4.78, 5) is 15.4. The largest absolute Gasteiger partial charge is 0.488 e. The summed E-state index contributed by atoms with van der Waals surface area (Å²) in [6.45, 7) is -0.129. The summed E-state index contributed by atoms with van der Waals surface area (Å²) in [6.07, 6.45) is 0. The third-order valence-corrected chi connectivity index (χ3v) is 4.07. The minimum Gasteiger partial charge on any atom is -0.488 e. The number of hydrazine groups is 1. The number of nitrogens with zero attached hydrogens (tertiary/aromatic N) is 2. The normalized spacial score (nSPS) is 17.8. The lowest BCUT2D eigenvalue weighted by molar-refractivity contribution is -0.293. The van der Waals surface area contributed by atoms with Crippen molar-refractivity contribution in [3.63, 3.8) is 0 Å². The molecule has 26 heavy (non-hydrogen) atoms. The van der Waals surface area contributed by atoms with Gasteiger partial charge >= 0.3 is 5.97 Å². The first-order valence-electron chi connectivity index (χ1n) is 7.30. The van der Waals surface area contributed by atoms with E-state index < -0.39 is 35.7 Å². The van der Waals surface area contributed by atoms with Crippen molar-refractivity contribution in [2.45, 2.75) is 13.0 Å². The molecule has 1 heterocycles. The van der Waals surface area contributed by atoms with Crippen molar-refractivity contribution in [1.82, 2.24) is 10.2 Å². The Morgan fingerprint density at radius 1 is 1.27 bits per heavy atom. The summed E-state index contributed by atoms with van der Waals surface area (Å²) in [5.41, 5.74) is -0.144. The van der Waals surface area contributed by atoms with Gasteiger partial charge in [-0.1, -0.05) is 28.4 Å². The van der Waals surface area contributed by atoms with Gasteiger partial charge in [0.15, 0.2) is 0 Å². The van der Waals surface area contributed by atoms with Gasteiger partial charge < -0.3 is 9.47 Å². The van der Waals surface area contributed by atoms with Gasteiger partial charge in [0.05, 0.1) is 10.1 Å². The molecule has 1 unspecified atom stereocenters. The average Bonchev–Trinajstić information content (AvgIpc) is 2.78. The second-order valence-electron chi connectivity index (χ2n) is 5.10. The molecule has 1 aromatic rings. The fourth-order valence-electron chi connectivity index (χ4n) is 2.29.